The van der Waals surface area contributed by atoms with Crippen LogP contribution in [0.3, 0.4) is 0 Å². The topological polar surface area (TPSA) is 36.9 Å². The highest BCUT2D eigenvalue weighted by atomic mass is 16.5. The zero-order valence-electron chi connectivity index (χ0n) is 35.6. The van der Waals surface area contributed by atoms with Gasteiger partial charge in [-0.15, -0.1) is 0 Å². The highest BCUT2D eigenvalue weighted by molar-refractivity contribution is 5.77. The predicted molar refractivity (Wildman–Crippen MR) is 263 cm³/mol. The van der Waals surface area contributed by atoms with E-state index in [1.807, 2.05) is 170 Å². The van der Waals surface area contributed by atoms with Crippen LogP contribution in [-0.4, -0.2) is 0 Å². The molecule has 0 atom stereocenters. The van der Waals surface area contributed by atoms with Gasteiger partial charge in [0.05, 0.1) is 0 Å². The summed E-state index contributed by atoms with van der Waals surface area (Å²) in [6, 6.07) is 86.6. The Labute approximate surface area is 380 Å². The van der Waals surface area contributed by atoms with Gasteiger partial charge in [-0.05, 0) is 171 Å². The van der Waals surface area contributed by atoms with Gasteiger partial charge < -0.3 is 18.9 Å². The maximum absolute atomic E-state index is 6.15. The van der Waals surface area contributed by atoms with Crippen LogP contribution in [0.5, 0.6) is 46.0 Å². The second-order valence-corrected chi connectivity index (χ2v) is 15.8. The van der Waals surface area contributed by atoms with Crippen molar-refractivity contribution in [2.24, 2.45) is 0 Å². The molecule has 0 saturated heterocycles. The normalized spacial score (nSPS) is 10.8. The number of benzene rings is 10. The minimum absolute atomic E-state index is 0.705. The van der Waals surface area contributed by atoms with Crippen LogP contribution < -0.4 is 18.9 Å². The molecule has 0 aromatic heterocycles. The third-order valence-corrected chi connectivity index (χ3v) is 11.1. The van der Waals surface area contributed by atoms with Crippen molar-refractivity contribution in [2.75, 3.05) is 0 Å². The van der Waals surface area contributed by atoms with Gasteiger partial charge in [0.2, 0.25) is 0 Å². The molecule has 0 aliphatic carbocycles. The zero-order valence-corrected chi connectivity index (χ0v) is 35.6. The SMILES string of the molecule is c1ccc(Oc2ccc(-c3cc(Cc4cc(-c5ccc(Oc6ccccc6)cc5)cc(-c5ccc(Oc6ccccc6)cc5)c4)cc(-c4ccc(Oc5ccccc5)cc4)c3)cc2)cc1. The molecule has 0 aliphatic rings. The predicted octanol–water partition coefficient (Wildman–Crippen LogP) is 17.1. The fraction of sp³-hybridized carbons (Fsp3) is 0.0164. The van der Waals surface area contributed by atoms with E-state index in [1.165, 1.54) is 11.1 Å². The molecule has 312 valence electrons. The lowest BCUT2D eigenvalue weighted by molar-refractivity contribution is 0.482. The third-order valence-electron chi connectivity index (χ3n) is 11.1. The van der Waals surface area contributed by atoms with E-state index in [-0.39, 0.29) is 0 Å². The monoisotopic (exact) mass is 840 g/mol. The van der Waals surface area contributed by atoms with Gasteiger partial charge in [0, 0.05) is 0 Å². The molecule has 0 bridgehead atoms. The van der Waals surface area contributed by atoms with Crippen LogP contribution in [-0.2, 0) is 6.42 Å². The van der Waals surface area contributed by atoms with Gasteiger partial charge in [-0.2, -0.15) is 0 Å². The highest BCUT2D eigenvalue weighted by Gasteiger charge is 2.12. The zero-order chi connectivity index (χ0) is 43.6. The minimum atomic E-state index is 0.705. The van der Waals surface area contributed by atoms with Crippen LogP contribution in [0.2, 0.25) is 0 Å². The minimum Gasteiger partial charge on any atom is -0.457 e. The van der Waals surface area contributed by atoms with Gasteiger partial charge in [-0.25, -0.2) is 0 Å². The second-order valence-electron chi connectivity index (χ2n) is 15.8. The van der Waals surface area contributed by atoms with Gasteiger partial charge in [0.15, 0.2) is 0 Å². The average Bonchev–Trinajstić information content (AvgIpc) is 3.36. The molecule has 0 fully saturated rings. The molecule has 0 N–H and O–H groups in total. The van der Waals surface area contributed by atoms with E-state index >= 15 is 0 Å². The van der Waals surface area contributed by atoms with Gasteiger partial charge in [0.1, 0.15) is 46.0 Å². The Morgan fingerprint density at radius 3 is 0.600 bits per heavy atom. The Kier molecular flexibility index (Phi) is 12.0. The fourth-order valence-electron chi connectivity index (χ4n) is 7.85. The first-order valence-corrected chi connectivity index (χ1v) is 21.7. The summed E-state index contributed by atoms with van der Waals surface area (Å²) in [6.45, 7) is 0. The van der Waals surface area contributed by atoms with Crippen LogP contribution in [0, 0.1) is 0 Å². The molecular weight excluding hydrogens is 797 g/mol. The first kappa shape index (κ1) is 40.5. The van der Waals surface area contributed by atoms with E-state index < -0.39 is 0 Å². The van der Waals surface area contributed by atoms with Crippen LogP contribution in [0.15, 0.2) is 255 Å². The smallest absolute Gasteiger partial charge is 0.127 e. The molecule has 0 spiro atoms. The molecule has 4 nitrogen and oxygen atoms in total. The molecule has 10 rings (SSSR count). The first-order chi connectivity index (χ1) is 32.1. The Morgan fingerprint density at radius 1 is 0.185 bits per heavy atom. The third kappa shape index (κ3) is 10.4. The van der Waals surface area contributed by atoms with Crippen LogP contribution in [0.1, 0.15) is 11.1 Å². The van der Waals surface area contributed by atoms with E-state index in [9.17, 15) is 0 Å². The van der Waals surface area contributed by atoms with Crippen molar-refractivity contribution in [1.82, 2.24) is 0 Å². The summed E-state index contributed by atoms with van der Waals surface area (Å²) in [4.78, 5) is 0. The summed E-state index contributed by atoms with van der Waals surface area (Å²) >= 11 is 0. The summed E-state index contributed by atoms with van der Waals surface area (Å²) in [5.74, 6) is 6.36. The van der Waals surface area contributed by atoms with E-state index in [1.54, 1.807) is 0 Å². The van der Waals surface area contributed by atoms with Crippen molar-refractivity contribution in [3.05, 3.63) is 266 Å². The Hall–Kier alpha value is -8.60. The maximum atomic E-state index is 6.15. The molecule has 0 amide bonds. The lowest BCUT2D eigenvalue weighted by Gasteiger charge is -2.15. The van der Waals surface area contributed by atoms with Crippen molar-refractivity contribution in [2.45, 2.75) is 6.42 Å². The lowest BCUT2D eigenvalue weighted by atomic mass is 9.91. The fourth-order valence-corrected chi connectivity index (χ4v) is 7.85. The first-order valence-electron chi connectivity index (χ1n) is 21.7. The Morgan fingerprint density at radius 2 is 0.385 bits per heavy atom. The van der Waals surface area contributed by atoms with E-state index in [4.69, 9.17) is 18.9 Å². The molecule has 0 aliphatic heterocycles. The number of hydrogen-bond donors (Lipinski definition) is 0. The van der Waals surface area contributed by atoms with Crippen molar-refractivity contribution in [1.29, 1.82) is 0 Å². The van der Waals surface area contributed by atoms with Gasteiger partial charge >= 0.3 is 0 Å². The molecule has 10 aromatic carbocycles. The number of hydrogen-bond acceptors (Lipinski definition) is 4. The molecule has 0 unspecified atom stereocenters. The largest absolute Gasteiger partial charge is 0.457 e. The summed E-state index contributed by atoms with van der Waals surface area (Å²) in [5, 5.41) is 0. The highest BCUT2D eigenvalue weighted by Crippen LogP contribution is 2.36. The Balaban J connectivity index is 1.00. The standard InChI is InChI=1S/C61H44O4/c1-5-13-54(14-6-1)62-58-29-21-46(22-30-58)50-38-44(39-51(42-50)47-23-31-59(32-24-47)63-55-15-7-2-8-16-55)37-45-40-52(48-25-33-60(34-26-48)64-56-17-9-3-10-18-56)43-53(41-45)49-27-35-61(36-28-49)65-57-19-11-4-12-20-57/h1-36,38-43H,37H2. The van der Waals surface area contributed by atoms with Crippen LogP contribution in [0.4, 0.5) is 0 Å². The van der Waals surface area contributed by atoms with E-state index in [0.29, 0.717) is 6.42 Å². The molecule has 10 aromatic rings. The molecular formula is C61H44O4. The summed E-state index contributed by atoms with van der Waals surface area (Å²) in [6.07, 6.45) is 0.705. The van der Waals surface area contributed by atoms with E-state index in [2.05, 4.69) is 84.9 Å². The molecule has 0 saturated carbocycles. The second kappa shape index (κ2) is 19.2. The number of ether oxygens (including phenoxy) is 4. The average molecular weight is 841 g/mol. The van der Waals surface area contributed by atoms with Gasteiger partial charge in [-0.3, -0.25) is 0 Å². The van der Waals surface area contributed by atoms with Crippen molar-refractivity contribution < 1.29 is 18.9 Å². The Bertz CT molecular complexity index is 2680. The summed E-state index contributed by atoms with van der Waals surface area (Å²) in [5.41, 5.74) is 11.2. The quantitative estimate of drug-likeness (QED) is 0.109. The van der Waals surface area contributed by atoms with Crippen LogP contribution >= 0.6 is 0 Å². The molecule has 4 heteroatoms. The van der Waals surface area contributed by atoms with Gasteiger partial charge in [-0.1, -0.05) is 146 Å². The van der Waals surface area contributed by atoms with Crippen molar-refractivity contribution in [3.8, 4) is 90.5 Å². The van der Waals surface area contributed by atoms with Crippen molar-refractivity contribution in [3.63, 3.8) is 0 Å². The molecule has 65 heavy (non-hydrogen) atoms. The lowest BCUT2D eigenvalue weighted by Crippen LogP contribution is -1.94. The summed E-state index contributed by atoms with van der Waals surface area (Å²) in [7, 11) is 0. The maximum Gasteiger partial charge on any atom is 0.127 e. The number of rotatable bonds is 14. The summed E-state index contributed by atoms with van der Waals surface area (Å²) < 4.78 is 24.6. The van der Waals surface area contributed by atoms with E-state index in [0.717, 1.165) is 90.5 Å². The van der Waals surface area contributed by atoms with Crippen molar-refractivity contribution >= 4 is 0 Å². The van der Waals surface area contributed by atoms with Crippen LogP contribution in [0.25, 0.3) is 44.5 Å². The number of para-hydroxylation sites is 4. The van der Waals surface area contributed by atoms with Gasteiger partial charge in [0.25, 0.3) is 0 Å². The molecule has 0 radical (unpaired) electrons. The molecule has 0 heterocycles.